The lowest BCUT2D eigenvalue weighted by Crippen LogP contribution is -2.29. The van der Waals surface area contributed by atoms with Crippen molar-refractivity contribution in [3.05, 3.63) is 69.6 Å². The molecule has 1 aliphatic heterocycles. The summed E-state index contributed by atoms with van der Waals surface area (Å²) in [5.74, 6) is -0.0435. The third-order valence-electron chi connectivity index (χ3n) is 3.83. The molecule has 23 heavy (non-hydrogen) atoms. The molecule has 3 rings (SSSR count). The van der Waals surface area contributed by atoms with Gasteiger partial charge >= 0.3 is 0 Å². The number of thioether (sulfide) groups is 1. The van der Waals surface area contributed by atoms with Crippen LogP contribution in [0.4, 0.5) is 5.69 Å². The largest absolute Gasteiger partial charge is 0.270 e. The average Bonchev–Trinajstić information content (AvgIpc) is 2.77. The summed E-state index contributed by atoms with van der Waals surface area (Å²) in [6.07, 6.45) is 1.91. The predicted molar refractivity (Wildman–Crippen MR) is 103 cm³/mol. The van der Waals surface area contributed by atoms with Gasteiger partial charge in [0.1, 0.15) is 0 Å². The van der Waals surface area contributed by atoms with Gasteiger partial charge in [-0.25, -0.2) is 0 Å². The smallest absolute Gasteiger partial charge is 0.268 e. The number of para-hydroxylation sites is 1. The van der Waals surface area contributed by atoms with Gasteiger partial charge in [-0.15, -0.1) is 0 Å². The fourth-order valence-corrected chi connectivity index (χ4v) is 3.90. The number of hydrogen-bond donors (Lipinski definition) is 0. The van der Waals surface area contributed by atoms with Crippen LogP contribution in [0, 0.1) is 20.8 Å². The molecule has 0 aromatic heterocycles. The first-order valence-corrected chi connectivity index (χ1v) is 8.60. The molecule has 4 heteroatoms. The number of carbonyl (C=O) groups excluding carboxylic acids is 1. The van der Waals surface area contributed by atoms with E-state index in [-0.39, 0.29) is 5.91 Å². The van der Waals surface area contributed by atoms with E-state index in [0.717, 1.165) is 22.4 Å². The topological polar surface area (TPSA) is 20.3 Å². The molecule has 0 saturated carbocycles. The van der Waals surface area contributed by atoms with Crippen molar-refractivity contribution in [2.24, 2.45) is 0 Å². The van der Waals surface area contributed by atoms with Crippen LogP contribution in [-0.2, 0) is 4.79 Å². The molecule has 2 aromatic carbocycles. The standard InChI is InChI=1S/C19H17NOS2/c1-12-7-9-15(10-8-12)11-16-18(21)20(19(22)23-16)17-13(2)5-4-6-14(17)3/h4-11H,1-3H3/b16-11-. The SMILES string of the molecule is Cc1ccc(/C=C2\SC(=S)N(c3c(C)cccc3C)C2=O)cc1. The highest BCUT2D eigenvalue weighted by molar-refractivity contribution is 8.27. The van der Waals surface area contributed by atoms with Gasteiger partial charge in [-0.1, -0.05) is 72.0 Å². The minimum Gasteiger partial charge on any atom is -0.268 e. The van der Waals surface area contributed by atoms with E-state index < -0.39 is 0 Å². The molecule has 0 unspecified atom stereocenters. The maximum absolute atomic E-state index is 12.8. The van der Waals surface area contributed by atoms with Gasteiger partial charge in [-0.05, 0) is 43.5 Å². The number of carbonyl (C=O) groups is 1. The van der Waals surface area contributed by atoms with E-state index in [1.807, 2.05) is 69.3 Å². The van der Waals surface area contributed by atoms with Crippen LogP contribution in [0.2, 0.25) is 0 Å². The summed E-state index contributed by atoms with van der Waals surface area (Å²) in [7, 11) is 0. The Bertz CT molecular complexity index is 802. The third kappa shape index (κ3) is 3.09. The zero-order valence-corrected chi connectivity index (χ0v) is 14.9. The molecule has 0 atom stereocenters. The van der Waals surface area contributed by atoms with E-state index >= 15 is 0 Å². The highest BCUT2D eigenvalue weighted by atomic mass is 32.2. The number of benzene rings is 2. The second-order valence-electron chi connectivity index (χ2n) is 5.67. The molecule has 0 spiro atoms. The Morgan fingerprint density at radius 1 is 1.00 bits per heavy atom. The molecule has 0 bridgehead atoms. The highest BCUT2D eigenvalue weighted by Crippen LogP contribution is 2.38. The second-order valence-corrected chi connectivity index (χ2v) is 7.34. The Morgan fingerprint density at radius 2 is 1.61 bits per heavy atom. The van der Waals surface area contributed by atoms with Crippen molar-refractivity contribution in [2.75, 3.05) is 4.90 Å². The van der Waals surface area contributed by atoms with Gasteiger partial charge in [0.05, 0.1) is 10.6 Å². The van der Waals surface area contributed by atoms with Crippen LogP contribution < -0.4 is 4.90 Å². The summed E-state index contributed by atoms with van der Waals surface area (Å²) in [5.41, 5.74) is 5.22. The van der Waals surface area contributed by atoms with Crippen LogP contribution >= 0.6 is 24.0 Å². The van der Waals surface area contributed by atoms with Gasteiger partial charge in [-0.2, -0.15) is 0 Å². The van der Waals surface area contributed by atoms with Crippen molar-refractivity contribution >= 4 is 46.0 Å². The summed E-state index contributed by atoms with van der Waals surface area (Å²) < 4.78 is 0.589. The minimum absolute atomic E-state index is 0.0435. The molecule has 1 heterocycles. The maximum Gasteiger partial charge on any atom is 0.270 e. The third-order valence-corrected chi connectivity index (χ3v) is 5.13. The average molecular weight is 339 g/mol. The predicted octanol–water partition coefficient (Wildman–Crippen LogP) is 5.02. The summed E-state index contributed by atoms with van der Waals surface area (Å²) >= 11 is 6.82. The maximum atomic E-state index is 12.8. The lowest BCUT2D eigenvalue weighted by molar-refractivity contribution is -0.113. The van der Waals surface area contributed by atoms with Crippen LogP contribution in [0.1, 0.15) is 22.3 Å². The summed E-state index contributed by atoms with van der Waals surface area (Å²) in [5, 5.41) is 0. The van der Waals surface area contributed by atoms with Crippen molar-refractivity contribution < 1.29 is 4.79 Å². The minimum atomic E-state index is -0.0435. The van der Waals surface area contributed by atoms with Gasteiger partial charge in [0.2, 0.25) is 0 Å². The van der Waals surface area contributed by atoms with Gasteiger partial charge < -0.3 is 0 Å². The van der Waals surface area contributed by atoms with Crippen molar-refractivity contribution in [1.29, 1.82) is 0 Å². The van der Waals surface area contributed by atoms with E-state index in [2.05, 4.69) is 0 Å². The van der Waals surface area contributed by atoms with Gasteiger partial charge in [-0.3, -0.25) is 9.69 Å². The van der Waals surface area contributed by atoms with Crippen molar-refractivity contribution in [3.63, 3.8) is 0 Å². The summed E-state index contributed by atoms with van der Waals surface area (Å²) in [4.78, 5) is 15.2. The normalized spacial score (nSPS) is 16.5. The molecule has 1 amide bonds. The van der Waals surface area contributed by atoms with E-state index in [4.69, 9.17) is 12.2 Å². The quantitative estimate of drug-likeness (QED) is 0.566. The van der Waals surface area contributed by atoms with E-state index in [1.54, 1.807) is 4.90 Å². The number of amides is 1. The van der Waals surface area contributed by atoms with Crippen LogP contribution in [0.25, 0.3) is 6.08 Å². The molecule has 1 fully saturated rings. The van der Waals surface area contributed by atoms with Crippen molar-refractivity contribution in [3.8, 4) is 0 Å². The van der Waals surface area contributed by atoms with E-state index in [9.17, 15) is 4.79 Å². The molecular formula is C19H17NOS2. The van der Waals surface area contributed by atoms with Crippen molar-refractivity contribution in [2.45, 2.75) is 20.8 Å². The fraction of sp³-hybridized carbons (Fsp3) is 0.158. The molecule has 0 aliphatic carbocycles. The molecule has 0 radical (unpaired) electrons. The van der Waals surface area contributed by atoms with E-state index in [0.29, 0.717) is 9.23 Å². The van der Waals surface area contributed by atoms with Crippen molar-refractivity contribution in [1.82, 2.24) is 0 Å². The Balaban J connectivity index is 1.99. The first-order chi connectivity index (χ1) is 11.0. The molecule has 0 N–H and O–H groups in total. The van der Waals surface area contributed by atoms with Crippen LogP contribution in [-0.4, -0.2) is 10.2 Å². The Labute approximate surface area is 146 Å². The Morgan fingerprint density at radius 3 is 2.22 bits per heavy atom. The number of hydrogen-bond acceptors (Lipinski definition) is 3. The number of rotatable bonds is 2. The lowest BCUT2D eigenvalue weighted by Gasteiger charge is -2.19. The highest BCUT2D eigenvalue weighted by Gasteiger charge is 2.34. The van der Waals surface area contributed by atoms with Gasteiger partial charge in [0.15, 0.2) is 4.32 Å². The molecule has 1 saturated heterocycles. The van der Waals surface area contributed by atoms with Crippen LogP contribution in [0.15, 0.2) is 47.4 Å². The van der Waals surface area contributed by atoms with Gasteiger partial charge in [0, 0.05) is 0 Å². The monoisotopic (exact) mass is 339 g/mol. The first kappa shape index (κ1) is 16.0. The Hall–Kier alpha value is -1.91. The summed E-state index contributed by atoms with van der Waals surface area (Å²) in [6, 6.07) is 14.1. The lowest BCUT2D eigenvalue weighted by atomic mass is 10.1. The van der Waals surface area contributed by atoms with Crippen LogP contribution in [0.5, 0.6) is 0 Å². The number of anilines is 1. The fourth-order valence-electron chi connectivity index (χ4n) is 2.63. The Kier molecular flexibility index (Phi) is 4.37. The second kappa shape index (κ2) is 6.30. The number of thiocarbonyl (C=S) groups is 1. The molecular weight excluding hydrogens is 322 g/mol. The summed E-state index contributed by atoms with van der Waals surface area (Å²) in [6.45, 7) is 6.05. The molecule has 2 aromatic rings. The molecule has 116 valence electrons. The molecule has 2 nitrogen and oxygen atoms in total. The zero-order chi connectivity index (χ0) is 16.6. The van der Waals surface area contributed by atoms with Gasteiger partial charge in [0.25, 0.3) is 5.91 Å². The van der Waals surface area contributed by atoms with E-state index in [1.165, 1.54) is 17.3 Å². The number of nitrogens with zero attached hydrogens (tertiary/aromatic N) is 1. The zero-order valence-electron chi connectivity index (χ0n) is 13.3. The number of aryl methyl sites for hydroxylation is 3. The first-order valence-electron chi connectivity index (χ1n) is 7.38. The van der Waals surface area contributed by atoms with Crippen LogP contribution in [0.3, 0.4) is 0 Å². The molecule has 1 aliphatic rings.